The monoisotopic (exact) mass is 419 g/mol. The van der Waals surface area contributed by atoms with Gasteiger partial charge in [-0.25, -0.2) is 9.59 Å². The number of benzene rings is 1. The number of nitro groups is 2. The molecule has 30 heavy (non-hydrogen) atoms. The van der Waals surface area contributed by atoms with Gasteiger partial charge in [0.1, 0.15) is 0 Å². The second kappa shape index (κ2) is 10.1. The number of carbonyl (C=O) groups excluding carboxylic acids is 2. The Bertz CT molecular complexity index is 854. The van der Waals surface area contributed by atoms with E-state index in [0.29, 0.717) is 17.0 Å². The van der Waals surface area contributed by atoms with E-state index in [4.69, 9.17) is 9.47 Å². The second-order valence-electron chi connectivity index (χ2n) is 6.43. The van der Waals surface area contributed by atoms with Crippen LogP contribution in [0.2, 0.25) is 0 Å². The van der Waals surface area contributed by atoms with Crippen molar-refractivity contribution < 1.29 is 28.9 Å². The second-order valence-corrected chi connectivity index (χ2v) is 6.43. The van der Waals surface area contributed by atoms with Gasteiger partial charge >= 0.3 is 11.9 Å². The van der Waals surface area contributed by atoms with Crippen molar-refractivity contribution in [3.63, 3.8) is 0 Å². The van der Waals surface area contributed by atoms with Crippen LogP contribution in [0.5, 0.6) is 0 Å². The molecular weight excluding hydrogens is 398 g/mol. The average Bonchev–Trinajstić information content (AvgIpc) is 2.67. The van der Waals surface area contributed by atoms with Crippen LogP contribution in [0, 0.1) is 20.2 Å². The van der Waals surface area contributed by atoms with Crippen LogP contribution >= 0.6 is 0 Å². The first-order valence-corrected chi connectivity index (χ1v) is 9.03. The molecule has 11 nitrogen and oxygen atoms in total. The van der Waals surface area contributed by atoms with Crippen molar-refractivity contribution in [3.05, 3.63) is 78.7 Å². The molecule has 2 rings (SSSR count). The third kappa shape index (κ3) is 5.63. The summed E-state index contributed by atoms with van der Waals surface area (Å²) in [5.41, 5.74) is 1.66. The number of rotatable bonds is 9. The third-order valence-corrected chi connectivity index (χ3v) is 4.35. The molecule has 0 fully saturated rings. The van der Waals surface area contributed by atoms with Gasteiger partial charge in [0.2, 0.25) is 13.1 Å². The van der Waals surface area contributed by atoms with Gasteiger partial charge in [-0.15, -0.1) is 0 Å². The number of carbonyl (C=O) groups is 2. The Morgan fingerprint density at radius 3 is 1.73 bits per heavy atom. The number of nitrogens with zero attached hydrogens (tertiary/aromatic N) is 2. The molecule has 0 atom stereocenters. The van der Waals surface area contributed by atoms with E-state index in [1.54, 1.807) is 44.2 Å². The van der Waals surface area contributed by atoms with Crippen molar-refractivity contribution in [1.82, 2.24) is 5.32 Å². The van der Waals surface area contributed by atoms with Crippen LogP contribution in [-0.4, -0.2) is 48.1 Å². The molecule has 1 aromatic rings. The zero-order chi connectivity index (χ0) is 22.3. The summed E-state index contributed by atoms with van der Waals surface area (Å²) in [6.45, 7) is 1.31. The van der Waals surface area contributed by atoms with Gasteiger partial charge in [-0.2, -0.15) is 0 Å². The molecule has 1 aromatic carbocycles. The lowest BCUT2D eigenvalue weighted by atomic mass is 9.80. The van der Waals surface area contributed by atoms with E-state index in [1.807, 2.05) is 0 Å². The van der Waals surface area contributed by atoms with Crippen molar-refractivity contribution in [2.24, 2.45) is 0 Å². The van der Waals surface area contributed by atoms with E-state index in [0.717, 1.165) is 0 Å². The van der Waals surface area contributed by atoms with E-state index in [-0.39, 0.29) is 11.1 Å². The minimum atomic E-state index is -0.862. The predicted octanol–water partition coefficient (Wildman–Crippen LogP) is 1.56. The van der Waals surface area contributed by atoms with E-state index >= 15 is 0 Å². The molecule has 0 saturated carbocycles. The maximum Gasteiger partial charge on any atom is 0.336 e. The summed E-state index contributed by atoms with van der Waals surface area (Å²) >= 11 is 0. The van der Waals surface area contributed by atoms with Crippen LogP contribution in [0.3, 0.4) is 0 Å². The van der Waals surface area contributed by atoms with Crippen molar-refractivity contribution in [3.8, 4) is 0 Å². The minimum absolute atomic E-state index is 0.108. The topological polar surface area (TPSA) is 151 Å². The molecule has 0 bridgehead atoms. The van der Waals surface area contributed by atoms with Gasteiger partial charge in [0.15, 0.2) is 13.2 Å². The van der Waals surface area contributed by atoms with Gasteiger partial charge in [-0.05, 0) is 19.4 Å². The fraction of sp³-hybridized carbons (Fsp3) is 0.368. The van der Waals surface area contributed by atoms with Gasteiger partial charge in [0.05, 0.1) is 17.1 Å². The fourth-order valence-electron chi connectivity index (χ4n) is 3.10. The lowest BCUT2D eigenvalue weighted by Crippen LogP contribution is -2.33. The number of dihydropyridines is 1. The maximum absolute atomic E-state index is 12.7. The zero-order valence-corrected chi connectivity index (χ0v) is 16.5. The third-order valence-electron chi connectivity index (χ3n) is 4.35. The Hall–Kier alpha value is -3.76. The highest BCUT2D eigenvalue weighted by Crippen LogP contribution is 2.39. The summed E-state index contributed by atoms with van der Waals surface area (Å²) in [7, 11) is 0. The predicted molar refractivity (Wildman–Crippen MR) is 103 cm³/mol. The largest absolute Gasteiger partial charge is 0.455 e. The molecule has 160 valence electrons. The summed E-state index contributed by atoms with van der Waals surface area (Å²) in [6.07, 6.45) is 0. The molecule has 1 N–H and O–H groups in total. The smallest absolute Gasteiger partial charge is 0.336 e. The minimum Gasteiger partial charge on any atom is -0.455 e. The molecule has 11 heteroatoms. The Morgan fingerprint density at radius 2 is 1.33 bits per heavy atom. The van der Waals surface area contributed by atoms with E-state index in [1.165, 1.54) is 0 Å². The Kier molecular flexibility index (Phi) is 7.62. The highest BCUT2D eigenvalue weighted by atomic mass is 16.6. The summed E-state index contributed by atoms with van der Waals surface area (Å²) in [4.78, 5) is 45.3. The molecule has 0 saturated heterocycles. The first-order chi connectivity index (χ1) is 14.2. The summed E-state index contributed by atoms with van der Waals surface area (Å²) in [5.74, 6) is -2.48. The summed E-state index contributed by atoms with van der Waals surface area (Å²) < 4.78 is 10.1. The van der Waals surface area contributed by atoms with Crippen LogP contribution < -0.4 is 5.32 Å². The van der Waals surface area contributed by atoms with Crippen LogP contribution in [0.25, 0.3) is 0 Å². The van der Waals surface area contributed by atoms with E-state index in [9.17, 15) is 29.8 Å². The highest BCUT2D eigenvalue weighted by molar-refractivity contribution is 5.99. The summed E-state index contributed by atoms with van der Waals surface area (Å²) in [5, 5.41) is 24.0. The molecule has 0 radical (unpaired) electrons. The highest BCUT2D eigenvalue weighted by Gasteiger charge is 2.38. The number of nitrogens with one attached hydrogen (secondary N) is 1. The van der Waals surface area contributed by atoms with Crippen molar-refractivity contribution in [2.75, 3.05) is 26.3 Å². The van der Waals surface area contributed by atoms with Gasteiger partial charge < -0.3 is 14.8 Å². The van der Waals surface area contributed by atoms with Crippen molar-refractivity contribution in [2.45, 2.75) is 19.8 Å². The van der Waals surface area contributed by atoms with Crippen molar-refractivity contribution >= 4 is 11.9 Å². The standard InChI is InChI=1S/C19H21N3O8/c1-12-15(18(23)29-10-8-21(25)26)17(14-6-4-3-5-7-14)16(13(2)20-12)19(24)30-11-9-22(27)28/h3-7,17,20H,8-11H2,1-2H3. The Morgan fingerprint density at radius 1 is 0.900 bits per heavy atom. The zero-order valence-electron chi connectivity index (χ0n) is 16.5. The first kappa shape index (κ1) is 22.5. The normalized spacial score (nSPS) is 14.2. The molecule has 0 aliphatic carbocycles. The molecule has 1 heterocycles. The number of hydrogen-bond acceptors (Lipinski definition) is 9. The van der Waals surface area contributed by atoms with Gasteiger partial charge in [0, 0.05) is 21.2 Å². The van der Waals surface area contributed by atoms with Crippen LogP contribution in [0.15, 0.2) is 52.9 Å². The lowest BCUT2D eigenvalue weighted by Gasteiger charge is -2.30. The van der Waals surface area contributed by atoms with E-state index < -0.39 is 54.0 Å². The fourth-order valence-corrected chi connectivity index (χ4v) is 3.10. The van der Waals surface area contributed by atoms with Crippen LogP contribution in [-0.2, 0) is 19.1 Å². The van der Waals surface area contributed by atoms with Gasteiger partial charge in [-0.3, -0.25) is 20.2 Å². The summed E-state index contributed by atoms with van der Waals surface area (Å²) in [6, 6.07) is 8.65. The van der Waals surface area contributed by atoms with Gasteiger partial charge in [-0.1, -0.05) is 30.3 Å². The van der Waals surface area contributed by atoms with Crippen molar-refractivity contribution in [1.29, 1.82) is 0 Å². The Balaban J connectivity index is 2.39. The van der Waals surface area contributed by atoms with Crippen LogP contribution in [0.4, 0.5) is 0 Å². The van der Waals surface area contributed by atoms with Crippen LogP contribution in [0.1, 0.15) is 25.3 Å². The number of hydrogen-bond donors (Lipinski definition) is 1. The Labute approximate surface area is 171 Å². The first-order valence-electron chi connectivity index (χ1n) is 9.03. The van der Waals surface area contributed by atoms with Gasteiger partial charge in [0.25, 0.3) is 0 Å². The average molecular weight is 419 g/mol. The van der Waals surface area contributed by atoms with E-state index in [2.05, 4.69) is 5.32 Å². The maximum atomic E-state index is 12.7. The molecule has 1 aliphatic heterocycles. The number of allylic oxidation sites excluding steroid dienone is 2. The number of ether oxygens (including phenoxy) is 2. The molecule has 0 spiro atoms. The molecular formula is C19H21N3O8. The number of esters is 2. The SMILES string of the molecule is CC1=C(C(=O)OCC[N+](=O)[O-])C(c2ccccc2)C(C(=O)OCC[N+](=O)[O-])=C(C)N1. The molecule has 0 unspecified atom stereocenters. The lowest BCUT2D eigenvalue weighted by molar-refractivity contribution is -0.482. The molecule has 0 amide bonds. The molecule has 1 aliphatic rings. The quantitative estimate of drug-likeness (QED) is 0.357. The molecule has 0 aromatic heterocycles.